The van der Waals surface area contributed by atoms with Gasteiger partial charge >= 0.3 is 5.69 Å². The van der Waals surface area contributed by atoms with E-state index in [1.54, 1.807) is 0 Å². The van der Waals surface area contributed by atoms with Gasteiger partial charge in [0.1, 0.15) is 0 Å². The van der Waals surface area contributed by atoms with Crippen molar-refractivity contribution in [1.29, 1.82) is 0 Å². The van der Waals surface area contributed by atoms with E-state index >= 15 is 0 Å². The number of hydrogen-bond acceptors (Lipinski definition) is 4. The lowest BCUT2D eigenvalue weighted by molar-refractivity contribution is -0.385. The van der Waals surface area contributed by atoms with E-state index in [1.165, 1.54) is 13.2 Å². The number of alkyl halides is 2. The molecule has 5 nitrogen and oxygen atoms in total. The fourth-order valence-corrected chi connectivity index (χ4v) is 1.20. The summed E-state index contributed by atoms with van der Waals surface area (Å²) in [4.78, 5) is 9.89. The minimum atomic E-state index is -2.73. The van der Waals surface area contributed by atoms with Gasteiger partial charge in [0, 0.05) is 6.07 Å². The first-order chi connectivity index (χ1) is 7.47. The molecule has 0 aliphatic heterocycles. The van der Waals surface area contributed by atoms with E-state index in [4.69, 9.17) is 10.5 Å². The van der Waals surface area contributed by atoms with Crippen molar-refractivity contribution in [3.63, 3.8) is 0 Å². The van der Waals surface area contributed by atoms with Crippen LogP contribution in [0.5, 0.6) is 5.75 Å². The van der Waals surface area contributed by atoms with E-state index in [-0.39, 0.29) is 17.0 Å². The molecular weight excluding hydrogens is 222 g/mol. The first-order valence-electron chi connectivity index (χ1n) is 4.33. The topological polar surface area (TPSA) is 78.4 Å². The van der Waals surface area contributed by atoms with Crippen molar-refractivity contribution in [1.82, 2.24) is 0 Å². The number of ether oxygens (including phenoxy) is 1. The highest BCUT2D eigenvalue weighted by Crippen LogP contribution is 2.30. The van der Waals surface area contributed by atoms with Gasteiger partial charge in [-0.05, 0) is 11.6 Å². The zero-order valence-electron chi connectivity index (χ0n) is 8.39. The third-order valence-corrected chi connectivity index (χ3v) is 2.06. The first kappa shape index (κ1) is 12.3. The van der Waals surface area contributed by atoms with E-state index < -0.39 is 17.4 Å². The molecule has 1 atom stereocenters. The fourth-order valence-electron chi connectivity index (χ4n) is 1.20. The fraction of sp³-hybridized carbons (Fsp3) is 0.333. The quantitative estimate of drug-likeness (QED) is 0.634. The Morgan fingerprint density at radius 1 is 1.50 bits per heavy atom. The summed E-state index contributed by atoms with van der Waals surface area (Å²) in [5.74, 6) is -0.0846. The van der Waals surface area contributed by atoms with Crippen LogP contribution in [-0.4, -0.2) is 18.5 Å². The van der Waals surface area contributed by atoms with Crippen molar-refractivity contribution >= 4 is 5.69 Å². The third kappa shape index (κ3) is 2.43. The number of halogens is 2. The number of hydrogen-bond donors (Lipinski definition) is 1. The SMILES string of the molecule is COc1cc(C(N)C(F)F)ccc1[N+](=O)[O-]. The molecule has 1 aromatic rings. The Kier molecular flexibility index (Phi) is 3.73. The molecule has 0 aliphatic carbocycles. The second kappa shape index (κ2) is 4.84. The van der Waals surface area contributed by atoms with E-state index in [2.05, 4.69) is 0 Å². The van der Waals surface area contributed by atoms with Gasteiger partial charge in [-0.2, -0.15) is 0 Å². The molecule has 7 heteroatoms. The zero-order chi connectivity index (χ0) is 12.3. The number of nitro benzene ring substituents is 1. The molecule has 2 N–H and O–H groups in total. The summed E-state index contributed by atoms with van der Waals surface area (Å²) in [6, 6.07) is 1.96. The van der Waals surface area contributed by atoms with Crippen molar-refractivity contribution in [2.75, 3.05) is 7.11 Å². The molecule has 0 saturated heterocycles. The van der Waals surface area contributed by atoms with Gasteiger partial charge in [-0.15, -0.1) is 0 Å². The van der Waals surface area contributed by atoms with Gasteiger partial charge in [0.05, 0.1) is 18.1 Å². The highest BCUT2D eigenvalue weighted by molar-refractivity contribution is 5.49. The highest BCUT2D eigenvalue weighted by atomic mass is 19.3. The van der Waals surface area contributed by atoms with Gasteiger partial charge in [0.25, 0.3) is 6.43 Å². The van der Waals surface area contributed by atoms with Crippen LogP contribution in [0.2, 0.25) is 0 Å². The number of nitrogens with two attached hydrogens (primary N) is 1. The van der Waals surface area contributed by atoms with E-state index in [9.17, 15) is 18.9 Å². The van der Waals surface area contributed by atoms with Crippen LogP contribution in [0, 0.1) is 10.1 Å². The van der Waals surface area contributed by atoms with Crippen LogP contribution in [0.1, 0.15) is 11.6 Å². The van der Waals surface area contributed by atoms with E-state index in [1.807, 2.05) is 0 Å². The molecule has 0 bridgehead atoms. The smallest absolute Gasteiger partial charge is 0.310 e. The predicted molar refractivity (Wildman–Crippen MR) is 52.6 cm³/mol. The number of nitro groups is 1. The number of methoxy groups -OCH3 is 1. The second-order valence-corrected chi connectivity index (χ2v) is 3.05. The third-order valence-electron chi connectivity index (χ3n) is 2.06. The molecule has 0 amide bonds. The average molecular weight is 232 g/mol. The van der Waals surface area contributed by atoms with Gasteiger partial charge in [-0.25, -0.2) is 8.78 Å². The lowest BCUT2D eigenvalue weighted by Crippen LogP contribution is -2.18. The number of benzene rings is 1. The molecule has 16 heavy (non-hydrogen) atoms. The molecular formula is C9H10F2N2O3. The normalized spacial score (nSPS) is 12.6. The molecule has 0 saturated carbocycles. The molecule has 0 radical (unpaired) electrons. The van der Waals surface area contributed by atoms with Crippen molar-refractivity contribution in [2.45, 2.75) is 12.5 Å². The Morgan fingerprint density at radius 3 is 2.56 bits per heavy atom. The monoisotopic (exact) mass is 232 g/mol. The van der Waals surface area contributed by atoms with Gasteiger partial charge < -0.3 is 10.5 Å². The molecule has 88 valence electrons. The van der Waals surface area contributed by atoms with Crippen LogP contribution in [-0.2, 0) is 0 Å². The maximum atomic E-state index is 12.3. The van der Waals surface area contributed by atoms with Crippen LogP contribution >= 0.6 is 0 Å². The molecule has 1 aromatic carbocycles. The summed E-state index contributed by atoms with van der Waals surface area (Å²) in [5.41, 5.74) is 5.02. The average Bonchev–Trinajstić information content (AvgIpc) is 2.26. The van der Waals surface area contributed by atoms with Crippen molar-refractivity contribution < 1.29 is 18.4 Å². The van der Waals surface area contributed by atoms with Gasteiger partial charge in [-0.1, -0.05) is 6.07 Å². The Hall–Kier alpha value is -1.76. The Labute approximate surface area is 90.0 Å². The highest BCUT2D eigenvalue weighted by Gasteiger charge is 2.21. The summed E-state index contributed by atoms with van der Waals surface area (Å²) in [6.45, 7) is 0. The number of rotatable bonds is 4. The van der Waals surface area contributed by atoms with Crippen LogP contribution in [0.25, 0.3) is 0 Å². The number of nitrogens with zero attached hydrogens (tertiary/aromatic N) is 1. The van der Waals surface area contributed by atoms with Gasteiger partial charge in [-0.3, -0.25) is 10.1 Å². The Morgan fingerprint density at radius 2 is 2.12 bits per heavy atom. The second-order valence-electron chi connectivity index (χ2n) is 3.05. The zero-order valence-corrected chi connectivity index (χ0v) is 8.39. The predicted octanol–water partition coefficient (Wildman–Crippen LogP) is 1.87. The van der Waals surface area contributed by atoms with Gasteiger partial charge in [0.15, 0.2) is 5.75 Å². The summed E-state index contributed by atoms with van der Waals surface area (Å²) in [6.07, 6.45) is -2.73. The largest absolute Gasteiger partial charge is 0.490 e. The van der Waals surface area contributed by atoms with Crippen LogP contribution in [0.3, 0.4) is 0 Å². The maximum absolute atomic E-state index is 12.3. The molecule has 0 heterocycles. The molecule has 0 spiro atoms. The van der Waals surface area contributed by atoms with Crippen molar-refractivity contribution in [2.24, 2.45) is 5.73 Å². The van der Waals surface area contributed by atoms with Crippen LogP contribution < -0.4 is 10.5 Å². The van der Waals surface area contributed by atoms with Crippen LogP contribution in [0.15, 0.2) is 18.2 Å². The van der Waals surface area contributed by atoms with E-state index in [0.717, 1.165) is 12.1 Å². The molecule has 1 rings (SSSR count). The molecule has 1 unspecified atom stereocenters. The first-order valence-corrected chi connectivity index (χ1v) is 4.33. The lowest BCUT2D eigenvalue weighted by atomic mass is 10.1. The lowest BCUT2D eigenvalue weighted by Gasteiger charge is -2.11. The standard InChI is InChI=1S/C9H10F2N2O3/c1-16-7-4-5(8(12)9(10)11)2-3-6(7)13(14)15/h2-4,8-9H,12H2,1H3. The van der Waals surface area contributed by atoms with Gasteiger partial charge in [0.2, 0.25) is 0 Å². The minimum absolute atomic E-state index is 0.0846. The summed E-state index contributed by atoms with van der Waals surface area (Å²) in [7, 11) is 1.22. The molecule has 0 fully saturated rings. The Balaban J connectivity index is 3.13. The Bertz CT molecular complexity index is 398. The summed E-state index contributed by atoms with van der Waals surface area (Å²) < 4.78 is 29.4. The minimum Gasteiger partial charge on any atom is -0.490 e. The van der Waals surface area contributed by atoms with E-state index in [0.29, 0.717) is 0 Å². The molecule has 0 aromatic heterocycles. The maximum Gasteiger partial charge on any atom is 0.310 e. The summed E-state index contributed by atoms with van der Waals surface area (Å²) in [5, 5.41) is 10.5. The van der Waals surface area contributed by atoms with Crippen molar-refractivity contribution in [3.05, 3.63) is 33.9 Å². The molecule has 0 aliphatic rings. The van der Waals surface area contributed by atoms with Crippen LogP contribution in [0.4, 0.5) is 14.5 Å². The summed E-state index contributed by atoms with van der Waals surface area (Å²) >= 11 is 0. The van der Waals surface area contributed by atoms with Crippen molar-refractivity contribution in [3.8, 4) is 5.75 Å².